The molecule has 1 N–H and O–H groups in total. The molecule has 1 aromatic carbocycles. The van der Waals surface area contributed by atoms with Gasteiger partial charge < -0.3 is 5.32 Å². The standard InChI is InChI=1S/C8H10FNO2S/c1-10-6-3-4-8(7(9)5-6)13(2,11)12/h3-5,10H,1-2H3. The Bertz CT molecular complexity index is 414. The molecule has 0 aliphatic heterocycles. The fraction of sp³-hybridized carbons (Fsp3) is 0.250. The number of halogens is 1. The summed E-state index contributed by atoms with van der Waals surface area (Å²) >= 11 is 0. The Balaban J connectivity index is 3.29. The molecule has 0 saturated heterocycles. The number of nitrogens with one attached hydrogen (secondary N) is 1. The minimum absolute atomic E-state index is 0.272. The molecule has 0 aliphatic rings. The number of hydrogen-bond donors (Lipinski definition) is 1. The molecule has 1 rings (SSSR count). The summed E-state index contributed by atoms with van der Waals surface area (Å²) in [7, 11) is -1.83. The molecular formula is C8H10FNO2S. The molecule has 0 spiro atoms. The first-order valence-electron chi connectivity index (χ1n) is 3.62. The van der Waals surface area contributed by atoms with Crippen LogP contribution in [0.4, 0.5) is 10.1 Å². The fourth-order valence-electron chi connectivity index (χ4n) is 0.957. The normalized spacial score (nSPS) is 11.3. The lowest BCUT2D eigenvalue weighted by Crippen LogP contribution is -2.01. The van der Waals surface area contributed by atoms with Crippen LogP contribution in [-0.2, 0) is 9.84 Å². The van der Waals surface area contributed by atoms with Crippen molar-refractivity contribution < 1.29 is 12.8 Å². The molecule has 3 nitrogen and oxygen atoms in total. The maximum atomic E-state index is 13.1. The third-order valence-electron chi connectivity index (χ3n) is 1.62. The van der Waals surface area contributed by atoms with Crippen LogP contribution >= 0.6 is 0 Å². The van der Waals surface area contributed by atoms with E-state index in [1.54, 1.807) is 7.05 Å². The Morgan fingerprint density at radius 3 is 2.38 bits per heavy atom. The molecule has 0 saturated carbocycles. The maximum Gasteiger partial charge on any atom is 0.178 e. The van der Waals surface area contributed by atoms with Gasteiger partial charge in [0.15, 0.2) is 9.84 Å². The van der Waals surface area contributed by atoms with E-state index in [2.05, 4.69) is 5.32 Å². The molecule has 0 bridgehead atoms. The van der Waals surface area contributed by atoms with Crippen molar-refractivity contribution in [3.63, 3.8) is 0 Å². The van der Waals surface area contributed by atoms with Crippen LogP contribution in [0.25, 0.3) is 0 Å². The molecule has 0 unspecified atom stereocenters. The highest BCUT2D eigenvalue weighted by Crippen LogP contribution is 2.18. The van der Waals surface area contributed by atoms with Crippen LogP contribution in [0, 0.1) is 5.82 Å². The van der Waals surface area contributed by atoms with Gasteiger partial charge in [0.25, 0.3) is 0 Å². The van der Waals surface area contributed by atoms with E-state index in [1.807, 2.05) is 0 Å². The van der Waals surface area contributed by atoms with Crippen molar-refractivity contribution in [1.82, 2.24) is 0 Å². The molecule has 0 heterocycles. The van der Waals surface area contributed by atoms with E-state index >= 15 is 0 Å². The highest BCUT2D eigenvalue weighted by Gasteiger charge is 2.12. The van der Waals surface area contributed by atoms with Crippen LogP contribution in [0.1, 0.15) is 0 Å². The van der Waals surface area contributed by atoms with Crippen LogP contribution in [0.5, 0.6) is 0 Å². The van der Waals surface area contributed by atoms with Crippen molar-refractivity contribution in [2.75, 3.05) is 18.6 Å². The Kier molecular flexibility index (Phi) is 2.56. The van der Waals surface area contributed by atoms with E-state index < -0.39 is 15.7 Å². The van der Waals surface area contributed by atoms with Crippen molar-refractivity contribution in [3.8, 4) is 0 Å². The van der Waals surface area contributed by atoms with E-state index in [0.717, 1.165) is 12.3 Å². The van der Waals surface area contributed by atoms with Crippen molar-refractivity contribution in [2.45, 2.75) is 4.90 Å². The summed E-state index contributed by atoms with van der Waals surface area (Å²) in [6.07, 6.45) is 0.977. The molecule has 0 radical (unpaired) electrons. The first-order valence-corrected chi connectivity index (χ1v) is 5.51. The quantitative estimate of drug-likeness (QED) is 0.787. The molecule has 5 heteroatoms. The monoisotopic (exact) mass is 203 g/mol. The van der Waals surface area contributed by atoms with Crippen LogP contribution in [0.2, 0.25) is 0 Å². The number of sulfone groups is 1. The summed E-state index contributed by atoms with van der Waals surface area (Å²) in [5.74, 6) is -0.727. The Morgan fingerprint density at radius 2 is 2.00 bits per heavy atom. The predicted octanol–water partition coefficient (Wildman–Crippen LogP) is 1.27. The van der Waals surface area contributed by atoms with Gasteiger partial charge in [-0.3, -0.25) is 0 Å². The van der Waals surface area contributed by atoms with Gasteiger partial charge in [-0.25, -0.2) is 12.8 Å². The van der Waals surface area contributed by atoms with E-state index in [0.29, 0.717) is 5.69 Å². The highest BCUT2D eigenvalue weighted by molar-refractivity contribution is 7.90. The number of anilines is 1. The van der Waals surface area contributed by atoms with Gasteiger partial charge in [-0.05, 0) is 18.2 Å². The zero-order chi connectivity index (χ0) is 10.1. The summed E-state index contributed by atoms with van der Waals surface area (Å²) in [6.45, 7) is 0. The summed E-state index contributed by atoms with van der Waals surface area (Å²) in [5.41, 5.74) is 0.546. The van der Waals surface area contributed by atoms with Crippen molar-refractivity contribution in [1.29, 1.82) is 0 Å². The first kappa shape index (κ1) is 9.98. The van der Waals surface area contributed by atoms with Gasteiger partial charge in [0.1, 0.15) is 10.7 Å². The second kappa shape index (κ2) is 3.33. The largest absolute Gasteiger partial charge is 0.388 e. The van der Waals surface area contributed by atoms with E-state index in [4.69, 9.17) is 0 Å². The Labute approximate surface area is 76.5 Å². The molecule has 0 amide bonds. The number of benzene rings is 1. The fourth-order valence-corrected chi connectivity index (χ4v) is 1.69. The van der Waals surface area contributed by atoms with Crippen LogP contribution < -0.4 is 5.32 Å². The number of rotatable bonds is 2. The predicted molar refractivity (Wildman–Crippen MR) is 49.1 cm³/mol. The third-order valence-corrected chi connectivity index (χ3v) is 2.75. The minimum Gasteiger partial charge on any atom is -0.388 e. The first-order chi connectivity index (χ1) is 5.95. The molecule has 0 atom stereocenters. The van der Waals surface area contributed by atoms with E-state index in [1.165, 1.54) is 12.1 Å². The summed E-state index contributed by atoms with van der Waals surface area (Å²) < 4.78 is 35.1. The van der Waals surface area contributed by atoms with Gasteiger partial charge in [-0.15, -0.1) is 0 Å². The third kappa shape index (κ3) is 2.18. The van der Waals surface area contributed by atoms with Gasteiger partial charge in [0, 0.05) is 19.0 Å². The summed E-state index contributed by atoms with van der Waals surface area (Å²) in [5, 5.41) is 2.71. The van der Waals surface area contributed by atoms with Gasteiger partial charge in [0.2, 0.25) is 0 Å². The molecule has 0 fully saturated rings. The molecule has 72 valence electrons. The van der Waals surface area contributed by atoms with E-state index in [9.17, 15) is 12.8 Å². The van der Waals surface area contributed by atoms with Crippen molar-refractivity contribution >= 4 is 15.5 Å². The van der Waals surface area contributed by atoms with Crippen LogP contribution in [-0.4, -0.2) is 21.7 Å². The average molecular weight is 203 g/mol. The van der Waals surface area contributed by atoms with Gasteiger partial charge >= 0.3 is 0 Å². The molecule has 1 aromatic rings. The Morgan fingerprint density at radius 1 is 1.38 bits per heavy atom. The average Bonchev–Trinajstić information content (AvgIpc) is 2.01. The number of hydrogen-bond acceptors (Lipinski definition) is 3. The SMILES string of the molecule is CNc1ccc(S(C)(=O)=O)c(F)c1. The second-order valence-corrected chi connectivity index (χ2v) is 4.65. The van der Waals surface area contributed by atoms with Crippen molar-refractivity contribution in [2.24, 2.45) is 0 Å². The second-order valence-electron chi connectivity index (χ2n) is 2.67. The zero-order valence-electron chi connectivity index (χ0n) is 7.33. The van der Waals surface area contributed by atoms with Crippen molar-refractivity contribution in [3.05, 3.63) is 24.0 Å². The summed E-state index contributed by atoms with van der Waals surface area (Å²) in [6, 6.07) is 3.91. The lowest BCUT2D eigenvalue weighted by molar-refractivity contribution is 0.571. The lowest BCUT2D eigenvalue weighted by Gasteiger charge is -2.03. The van der Waals surface area contributed by atoms with Gasteiger partial charge in [-0.2, -0.15) is 0 Å². The zero-order valence-corrected chi connectivity index (χ0v) is 8.15. The smallest absolute Gasteiger partial charge is 0.178 e. The van der Waals surface area contributed by atoms with E-state index in [-0.39, 0.29) is 4.90 Å². The van der Waals surface area contributed by atoms with Gasteiger partial charge in [-0.1, -0.05) is 0 Å². The summed E-state index contributed by atoms with van der Waals surface area (Å²) in [4.78, 5) is -0.272. The Hall–Kier alpha value is -1.10. The topological polar surface area (TPSA) is 46.2 Å². The van der Waals surface area contributed by atoms with Crippen LogP contribution in [0.15, 0.2) is 23.1 Å². The molecule has 13 heavy (non-hydrogen) atoms. The molecular weight excluding hydrogens is 193 g/mol. The lowest BCUT2D eigenvalue weighted by atomic mass is 10.3. The van der Waals surface area contributed by atoms with Gasteiger partial charge in [0.05, 0.1) is 0 Å². The van der Waals surface area contributed by atoms with Crippen LogP contribution in [0.3, 0.4) is 0 Å². The molecule has 0 aliphatic carbocycles. The maximum absolute atomic E-state index is 13.1. The molecule has 0 aromatic heterocycles. The highest BCUT2D eigenvalue weighted by atomic mass is 32.2. The minimum atomic E-state index is -3.46.